The molecule has 0 N–H and O–H groups in total. The molecule has 0 amide bonds. The van der Waals surface area contributed by atoms with Gasteiger partial charge in [-0.2, -0.15) is 9.57 Å². The molecule has 18 heavy (non-hydrogen) atoms. The van der Waals surface area contributed by atoms with Crippen molar-refractivity contribution in [3.63, 3.8) is 0 Å². The Labute approximate surface area is 119 Å². The van der Waals surface area contributed by atoms with Gasteiger partial charge < -0.3 is 0 Å². The highest BCUT2D eigenvalue weighted by atomic mass is 79.9. The Balaban J connectivity index is 2.42. The maximum absolute atomic E-state index is 12.4. The molecule has 1 saturated heterocycles. The molecule has 0 aromatic heterocycles. The zero-order valence-electron chi connectivity index (χ0n) is 9.31. The number of rotatable bonds is 2. The molecule has 1 aliphatic rings. The molecule has 1 aromatic carbocycles. The Morgan fingerprint density at radius 1 is 1.50 bits per heavy atom. The van der Waals surface area contributed by atoms with Crippen LogP contribution in [-0.2, 0) is 10.0 Å². The van der Waals surface area contributed by atoms with E-state index in [-0.39, 0.29) is 4.90 Å². The second-order valence-electron chi connectivity index (χ2n) is 3.98. The highest BCUT2D eigenvalue weighted by molar-refractivity contribution is 9.10. The van der Waals surface area contributed by atoms with Crippen LogP contribution in [0.1, 0.15) is 12.8 Å². The highest BCUT2D eigenvalue weighted by Gasteiger charge is 2.35. The van der Waals surface area contributed by atoms with Crippen LogP contribution in [0.2, 0.25) is 5.02 Å². The van der Waals surface area contributed by atoms with Gasteiger partial charge in [0.05, 0.1) is 16.0 Å². The zero-order chi connectivity index (χ0) is 13.3. The SMILES string of the molecule is N#CC1CCCN1S(=O)(=O)c1ccc(Cl)c(Br)c1. The topological polar surface area (TPSA) is 61.2 Å². The van der Waals surface area contributed by atoms with Crippen LogP contribution >= 0.6 is 27.5 Å². The summed E-state index contributed by atoms with van der Waals surface area (Å²) in [4.78, 5) is 0.154. The lowest BCUT2D eigenvalue weighted by Crippen LogP contribution is -2.34. The predicted octanol–water partition coefficient (Wildman–Crippen LogP) is 2.78. The van der Waals surface area contributed by atoms with Gasteiger partial charge in [-0.15, -0.1) is 0 Å². The molecule has 0 bridgehead atoms. The summed E-state index contributed by atoms with van der Waals surface area (Å²) in [5.74, 6) is 0. The Bertz CT molecular complexity index is 612. The second kappa shape index (κ2) is 5.17. The van der Waals surface area contributed by atoms with Crippen molar-refractivity contribution >= 4 is 37.6 Å². The summed E-state index contributed by atoms with van der Waals surface area (Å²) >= 11 is 9.04. The van der Waals surface area contributed by atoms with Gasteiger partial charge in [-0.05, 0) is 47.0 Å². The molecule has 7 heteroatoms. The number of hydrogen-bond acceptors (Lipinski definition) is 3. The van der Waals surface area contributed by atoms with E-state index in [1.54, 1.807) is 0 Å². The summed E-state index contributed by atoms with van der Waals surface area (Å²) < 4.78 is 26.5. The zero-order valence-corrected chi connectivity index (χ0v) is 12.5. The van der Waals surface area contributed by atoms with Crippen LogP contribution in [0.15, 0.2) is 27.6 Å². The third-order valence-electron chi connectivity index (χ3n) is 2.85. The minimum Gasteiger partial charge on any atom is -0.207 e. The van der Waals surface area contributed by atoms with Crippen LogP contribution in [0, 0.1) is 11.3 Å². The lowest BCUT2D eigenvalue weighted by Gasteiger charge is -2.19. The lowest BCUT2D eigenvalue weighted by atomic mass is 10.2. The van der Waals surface area contributed by atoms with Gasteiger partial charge in [0.2, 0.25) is 10.0 Å². The first-order valence-corrected chi connectivity index (χ1v) is 7.94. The molecule has 0 saturated carbocycles. The number of nitriles is 1. The van der Waals surface area contributed by atoms with Crippen LogP contribution in [0.25, 0.3) is 0 Å². The van der Waals surface area contributed by atoms with E-state index in [9.17, 15) is 8.42 Å². The minimum atomic E-state index is -3.62. The summed E-state index contributed by atoms with van der Waals surface area (Å²) in [5.41, 5.74) is 0. The van der Waals surface area contributed by atoms with Crippen LogP contribution in [0.5, 0.6) is 0 Å². The summed E-state index contributed by atoms with van der Waals surface area (Å²) in [6, 6.07) is 5.90. The van der Waals surface area contributed by atoms with Gasteiger partial charge in [-0.1, -0.05) is 11.6 Å². The maximum atomic E-state index is 12.4. The molecular weight excluding hydrogens is 340 g/mol. The number of halogens is 2. The standard InChI is InChI=1S/C11H10BrClN2O2S/c12-10-6-9(3-4-11(10)13)18(16,17)15-5-1-2-8(15)7-14/h3-4,6,8H,1-2,5H2. The van der Waals surface area contributed by atoms with Gasteiger partial charge in [-0.3, -0.25) is 0 Å². The normalized spacial score (nSPS) is 20.8. The number of benzene rings is 1. The van der Waals surface area contributed by atoms with E-state index in [2.05, 4.69) is 15.9 Å². The largest absolute Gasteiger partial charge is 0.244 e. The van der Waals surface area contributed by atoms with Gasteiger partial charge >= 0.3 is 0 Å². The smallest absolute Gasteiger partial charge is 0.207 e. The van der Waals surface area contributed by atoms with E-state index in [0.717, 1.165) is 0 Å². The Morgan fingerprint density at radius 2 is 2.22 bits per heavy atom. The third kappa shape index (κ3) is 2.41. The van der Waals surface area contributed by atoms with E-state index in [4.69, 9.17) is 16.9 Å². The Kier molecular flexibility index (Phi) is 3.97. The molecule has 1 heterocycles. The van der Waals surface area contributed by atoms with Gasteiger partial charge in [0.15, 0.2) is 0 Å². The predicted molar refractivity (Wildman–Crippen MR) is 71.7 cm³/mol. The van der Waals surface area contributed by atoms with Crippen molar-refractivity contribution in [3.05, 3.63) is 27.7 Å². The second-order valence-corrected chi connectivity index (χ2v) is 7.13. The molecule has 0 spiro atoms. The molecule has 1 atom stereocenters. The van der Waals surface area contributed by atoms with Crippen molar-refractivity contribution in [1.82, 2.24) is 4.31 Å². The van der Waals surface area contributed by atoms with E-state index >= 15 is 0 Å². The lowest BCUT2D eigenvalue weighted by molar-refractivity contribution is 0.437. The Morgan fingerprint density at radius 3 is 2.83 bits per heavy atom. The maximum Gasteiger partial charge on any atom is 0.244 e. The molecule has 1 aromatic rings. The first-order valence-electron chi connectivity index (χ1n) is 5.33. The minimum absolute atomic E-state index is 0.154. The van der Waals surface area contributed by atoms with Crippen molar-refractivity contribution < 1.29 is 8.42 Å². The molecule has 2 rings (SSSR count). The average Bonchev–Trinajstić information content (AvgIpc) is 2.81. The van der Waals surface area contributed by atoms with Crippen LogP contribution in [-0.4, -0.2) is 25.3 Å². The van der Waals surface area contributed by atoms with Crippen molar-refractivity contribution in [1.29, 1.82) is 5.26 Å². The van der Waals surface area contributed by atoms with E-state index in [0.29, 0.717) is 28.9 Å². The number of nitrogens with zero attached hydrogens (tertiary/aromatic N) is 2. The van der Waals surface area contributed by atoms with Crippen molar-refractivity contribution in [2.45, 2.75) is 23.8 Å². The molecule has 1 fully saturated rings. The fourth-order valence-corrected chi connectivity index (χ4v) is 4.21. The summed E-state index contributed by atoms with van der Waals surface area (Å²) in [7, 11) is -3.62. The quantitative estimate of drug-likeness (QED) is 0.825. The monoisotopic (exact) mass is 348 g/mol. The number of sulfonamides is 1. The first kappa shape index (κ1) is 13.8. The van der Waals surface area contributed by atoms with Crippen molar-refractivity contribution in [2.24, 2.45) is 0 Å². The van der Waals surface area contributed by atoms with Gasteiger partial charge in [-0.25, -0.2) is 8.42 Å². The van der Waals surface area contributed by atoms with Crippen LogP contribution in [0.3, 0.4) is 0 Å². The fraction of sp³-hybridized carbons (Fsp3) is 0.364. The van der Waals surface area contributed by atoms with Gasteiger partial charge in [0.1, 0.15) is 6.04 Å². The van der Waals surface area contributed by atoms with Crippen molar-refractivity contribution in [2.75, 3.05) is 6.54 Å². The van der Waals surface area contributed by atoms with Crippen LogP contribution in [0.4, 0.5) is 0 Å². The molecule has 96 valence electrons. The van der Waals surface area contributed by atoms with Gasteiger partial charge in [0.25, 0.3) is 0 Å². The first-order chi connectivity index (χ1) is 8.46. The third-order valence-corrected chi connectivity index (χ3v) is 5.97. The summed E-state index contributed by atoms with van der Waals surface area (Å²) in [5, 5.41) is 9.41. The van der Waals surface area contributed by atoms with E-state index in [1.165, 1.54) is 22.5 Å². The summed E-state index contributed by atoms with van der Waals surface area (Å²) in [6.45, 7) is 0.390. The Hall–Kier alpha value is -0.610. The molecule has 4 nitrogen and oxygen atoms in total. The van der Waals surface area contributed by atoms with Crippen LogP contribution < -0.4 is 0 Å². The van der Waals surface area contributed by atoms with E-state index in [1.807, 2.05) is 6.07 Å². The average molecular weight is 350 g/mol. The molecule has 0 aliphatic carbocycles. The molecule has 1 aliphatic heterocycles. The molecule has 0 radical (unpaired) electrons. The number of hydrogen-bond donors (Lipinski definition) is 0. The van der Waals surface area contributed by atoms with Gasteiger partial charge in [0, 0.05) is 11.0 Å². The molecular formula is C11H10BrClN2O2S. The molecule has 1 unspecified atom stereocenters. The highest BCUT2D eigenvalue weighted by Crippen LogP contribution is 2.30. The summed E-state index contributed by atoms with van der Waals surface area (Å²) in [6.07, 6.45) is 1.30. The van der Waals surface area contributed by atoms with E-state index < -0.39 is 16.1 Å². The van der Waals surface area contributed by atoms with Crippen molar-refractivity contribution in [3.8, 4) is 6.07 Å². The fourth-order valence-electron chi connectivity index (χ4n) is 1.93.